The van der Waals surface area contributed by atoms with Gasteiger partial charge in [-0.25, -0.2) is 9.97 Å². The molecule has 1 saturated heterocycles. The summed E-state index contributed by atoms with van der Waals surface area (Å²) in [6, 6.07) is 8.79. The van der Waals surface area contributed by atoms with Crippen molar-refractivity contribution in [1.82, 2.24) is 15.3 Å². The number of benzene rings is 1. The van der Waals surface area contributed by atoms with Crippen LogP contribution in [0.4, 0.5) is 5.95 Å². The Hall–Kier alpha value is -2.38. The standard InChI is InChI=1S/C20H25ClN4O3/c1-14-12-16(24-19(23-14)25-8-10-27-11-9-25)13-22-18(26)20(2,3)28-17-6-4-15(21)5-7-17/h4-7,12H,8-11,13H2,1-3H3,(H,22,26). The highest BCUT2D eigenvalue weighted by molar-refractivity contribution is 6.30. The number of rotatable bonds is 6. The zero-order valence-electron chi connectivity index (χ0n) is 16.4. The van der Waals surface area contributed by atoms with Gasteiger partial charge in [-0.2, -0.15) is 0 Å². The Kier molecular flexibility index (Phi) is 6.36. The average molecular weight is 405 g/mol. The number of carbonyl (C=O) groups excluding carboxylic acids is 1. The Labute approximate surface area is 170 Å². The van der Waals surface area contributed by atoms with E-state index in [1.54, 1.807) is 38.1 Å². The van der Waals surface area contributed by atoms with Crippen LogP contribution in [-0.2, 0) is 16.1 Å². The van der Waals surface area contributed by atoms with E-state index in [0.717, 1.165) is 24.5 Å². The molecule has 2 heterocycles. The van der Waals surface area contributed by atoms with E-state index >= 15 is 0 Å². The van der Waals surface area contributed by atoms with E-state index in [1.165, 1.54) is 0 Å². The van der Waals surface area contributed by atoms with E-state index in [9.17, 15) is 4.79 Å². The molecule has 1 aliphatic rings. The molecule has 1 aromatic carbocycles. The molecule has 8 heteroatoms. The molecule has 2 aromatic rings. The number of ether oxygens (including phenoxy) is 2. The van der Waals surface area contributed by atoms with Gasteiger partial charge < -0.3 is 19.7 Å². The van der Waals surface area contributed by atoms with Crippen LogP contribution >= 0.6 is 11.6 Å². The number of morpholine rings is 1. The van der Waals surface area contributed by atoms with Crippen molar-refractivity contribution >= 4 is 23.5 Å². The molecule has 7 nitrogen and oxygen atoms in total. The summed E-state index contributed by atoms with van der Waals surface area (Å²) in [5.74, 6) is 1.02. The summed E-state index contributed by atoms with van der Waals surface area (Å²) in [7, 11) is 0. The number of nitrogens with one attached hydrogen (secondary N) is 1. The lowest BCUT2D eigenvalue weighted by atomic mass is 10.1. The van der Waals surface area contributed by atoms with Crippen molar-refractivity contribution < 1.29 is 14.3 Å². The van der Waals surface area contributed by atoms with Crippen molar-refractivity contribution in [2.24, 2.45) is 0 Å². The van der Waals surface area contributed by atoms with Gasteiger partial charge in [0.1, 0.15) is 5.75 Å². The molecule has 0 radical (unpaired) electrons. The van der Waals surface area contributed by atoms with Gasteiger partial charge in [0.05, 0.1) is 25.5 Å². The van der Waals surface area contributed by atoms with Crippen molar-refractivity contribution in [2.45, 2.75) is 32.9 Å². The maximum Gasteiger partial charge on any atom is 0.263 e. The molecule has 0 spiro atoms. The maximum absolute atomic E-state index is 12.6. The largest absolute Gasteiger partial charge is 0.478 e. The predicted octanol–water partition coefficient (Wildman–Crippen LogP) is 2.75. The van der Waals surface area contributed by atoms with Gasteiger partial charge in [0.2, 0.25) is 5.95 Å². The summed E-state index contributed by atoms with van der Waals surface area (Å²) >= 11 is 5.89. The quantitative estimate of drug-likeness (QED) is 0.797. The van der Waals surface area contributed by atoms with Gasteiger partial charge >= 0.3 is 0 Å². The zero-order valence-corrected chi connectivity index (χ0v) is 17.1. The van der Waals surface area contributed by atoms with Crippen LogP contribution < -0.4 is 15.0 Å². The van der Waals surface area contributed by atoms with Crippen LogP contribution in [0.5, 0.6) is 5.75 Å². The highest BCUT2D eigenvalue weighted by Gasteiger charge is 2.30. The van der Waals surface area contributed by atoms with Crippen LogP contribution in [0.25, 0.3) is 0 Å². The van der Waals surface area contributed by atoms with Gasteiger partial charge in [0.25, 0.3) is 5.91 Å². The fourth-order valence-electron chi connectivity index (χ4n) is 2.84. The molecule has 1 amide bonds. The second-order valence-corrected chi connectivity index (χ2v) is 7.59. The van der Waals surface area contributed by atoms with Crippen molar-refractivity contribution in [3.8, 4) is 5.75 Å². The van der Waals surface area contributed by atoms with E-state index in [2.05, 4.69) is 20.2 Å². The summed E-state index contributed by atoms with van der Waals surface area (Å²) in [6.07, 6.45) is 0. The molecule has 0 bridgehead atoms. The first-order valence-electron chi connectivity index (χ1n) is 9.24. The molecule has 0 aliphatic carbocycles. The first kappa shape index (κ1) is 20.4. The van der Waals surface area contributed by atoms with Gasteiger partial charge in [0.15, 0.2) is 5.60 Å². The lowest BCUT2D eigenvalue weighted by molar-refractivity contribution is -0.134. The third-order valence-corrected chi connectivity index (χ3v) is 4.60. The molecule has 0 unspecified atom stereocenters. The summed E-state index contributed by atoms with van der Waals surface area (Å²) < 4.78 is 11.2. The van der Waals surface area contributed by atoms with E-state index in [1.807, 2.05) is 13.0 Å². The van der Waals surface area contributed by atoms with Gasteiger partial charge in [-0.1, -0.05) is 11.6 Å². The van der Waals surface area contributed by atoms with Crippen LogP contribution in [0.3, 0.4) is 0 Å². The molecule has 28 heavy (non-hydrogen) atoms. The number of anilines is 1. The van der Waals surface area contributed by atoms with Gasteiger partial charge in [0, 0.05) is 23.8 Å². The minimum absolute atomic E-state index is 0.230. The van der Waals surface area contributed by atoms with E-state index < -0.39 is 5.60 Å². The molecule has 1 aliphatic heterocycles. The fourth-order valence-corrected chi connectivity index (χ4v) is 2.97. The number of hydrogen-bond acceptors (Lipinski definition) is 6. The maximum atomic E-state index is 12.6. The normalized spacial score (nSPS) is 14.6. The molecular formula is C20H25ClN4O3. The second-order valence-electron chi connectivity index (χ2n) is 7.15. The Morgan fingerprint density at radius 1 is 1.25 bits per heavy atom. The minimum Gasteiger partial charge on any atom is -0.478 e. The van der Waals surface area contributed by atoms with Gasteiger partial charge in [-0.3, -0.25) is 4.79 Å². The highest BCUT2D eigenvalue weighted by Crippen LogP contribution is 2.21. The Morgan fingerprint density at radius 3 is 2.61 bits per heavy atom. The number of carbonyl (C=O) groups is 1. The summed E-state index contributed by atoms with van der Waals surface area (Å²) in [6.45, 7) is 8.52. The van der Waals surface area contributed by atoms with Crippen molar-refractivity contribution in [3.05, 3.63) is 46.7 Å². The number of aryl methyl sites for hydroxylation is 1. The van der Waals surface area contributed by atoms with Crippen molar-refractivity contribution in [1.29, 1.82) is 0 Å². The Bertz CT molecular complexity index is 821. The fraction of sp³-hybridized carbons (Fsp3) is 0.450. The molecule has 0 saturated carbocycles. The molecule has 1 N–H and O–H groups in total. The lowest BCUT2D eigenvalue weighted by Crippen LogP contribution is -2.46. The SMILES string of the molecule is Cc1cc(CNC(=O)C(C)(C)Oc2ccc(Cl)cc2)nc(N2CCOCC2)n1. The molecule has 150 valence electrons. The first-order chi connectivity index (χ1) is 13.3. The highest BCUT2D eigenvalue weighted by atomic mass is 35.5. The number of nitrogens with zero attached hydrogens (tertiary/aromatic N) is 3. The minimum atomic E-state index is -1.04. The van der Waals surface area contributed by atoms with Gasteiger partial charge in [-0.15, -0.1) is 0 Å². The van der Waals surface area contributed by atoms with E-state index in [-0.39, 0.29) is 5.91 Å². The number of amides is 1. The topological polar surface area (TPSA) is 76.6 Å². The van der Waals surface area contributed by atoms with Crippen LogP contribution in [0, 0.1) is 6.92 Å². The van der Waals surface area contributed by atoms with Crippen LogP contribution in [0.15, 0.2) is 30.3 Å². The van der Waals surface area contributed by atoms with Crippen LogP contribution in [0.2, 0.25) is 5.02 Å². The summed E-state index contributed by atoms with van der Waals surface area (Å²) in [5, 5.41) is 3.52. The first-order valence-corrected chi connectivity index (χ1v) is 9.61. The van der Waals surface area contributed by atoms with Gasteiger partial charge in [-0.05, 0) is 51.1 Å². The third-order valence-electron chi connectivity index (χ3n) is 4.35. The van der Waals surface area contributed by atoms with Crippen LogP contribution in [-0.4, -0.2) is 47.8 Å². The van der Waals surface area contributed by atoms with Crippen LogP contribution in [0.1, 0.15) is 25.2 Å². The lowest BCUT2D eigenvalue weighted by Gasteiger charge is -2.27. The molecular weight excluding hydrogens is 380 g/mol. The van der Waals surface area contributed by atoms with Crippen molar-refractivity contribution in [2.75, 3.05) is 31.2 Å². The Balaban J connectivity index is 1.63. The smallest absolute Gasteiger partial charge is 0.263 e. The van der Waals surface area contributed by atoms with E-state index in [0.29, 0.717) is 36.5 Å². The number of halogens is 1. The molecule has 0 atom stereocenters. The predicted molar refractivity (Wildman–Crippen MR) is 108 cm³/mol. The third kappa shape index (κ3) is 5.33. The number of aromatic nitrogens is 2. The molecule has 1 fully saturated rings. The second kappa shape index (κ2) is 8.75. The molecule has 3 rings (SSSR count). The van der Waals surface area contributed by atoms with E-state index in [4.69, 9.17) is 21.1 Å². The monoisotopic (exact) mass is 404 g/mol. The summed E-state index contributed by atoms with van der Waals surface area (Å²) in [4.78, 5) is 23.8. The number of hydrogen-bond donors (Lipinski definition) is 1. The molecule has 1 aromatic heterocycles. The summed E-state index contributed by atoms with van der Waals surface area (Å²) in [5.41, 5.74) is 0.574. The van der Waals surface area contributed by atoms with Crippen molar-refractivity contribution in [3.63, 3.8) is 0 Å². The zero-order chi connectivity index (χ0) is 20.1. The Morgan fingerprint density at radius 2 is 1.93 bits per heavy atom. The average Bonchev–Trinajstić information content (AvgIpc) is 2.68.